The molecule has 3 nitrogen and oxygen atoms in total. The van der Waals surface area contributed by atoms with Crippen molar-refractivity contribution in [2.45, 2.75) is 19.4 Å². The van der Waals surface area contributed by atoms with Crippen LogP contribution in [-0.4, -0.2) is 12.2 Å². The molecular formula is C14H15BrO3. The van der Waals surface area contributed by atoms with Gasteiger partial charge in [-0.25, -0.2) is 0 Å². The van der Waals surface area contributed by atoms with Crippen molar-refractivity contribution in [1.82, 2.24) is 0 Å². The fourth-order valence-electron chi connectivity index (χ4n) is 1.80. The Morgan fingerprint density at radius 2 is 2.11 bits per heavy atom. The molecule has 96 valence electrons. The van der Waals surface area contributed by atoms with E-state index in [2.05, 4.69) is 15.9 Å². The third kappa shape index (κ3) is 2.60. The number of benzene rings is 1. The smallest absolute Gasteiger partial charge is 0.140 e. The highest BCUT2D eigenvalue weighted by molar-refractivity contribution is 9.10. The van der Waals surface area contributed by atoms with Gasteiger partial charge < -0.3 is 14.3 Å². The second-order valence-corrected chi connectivity index (χ2v) is 4.86. The average Bonchev–Trinajstić information content (AvgIpc) is 2.86. The summed E-state index contributed by atoms with van der Waals surface area (Å²) in [5.74, 6) is 2.03. The number of furan rings is 1. The quantitative estimate of drug-likeness (QED) is 0.936. The maximum atomic E-state index is 10.3. The maximum Gasteiger partial charge on any atom is 0.140 e. The van der Waals surface area contributed by atoms with Gasteiger partial charge in [-0.05, 0) is 30.3 Å². The lowest BCUT2D eigenvalue weighted by Crippen LogP contribution is -2.01. The molecule has 1 unspecified atom stereocenters. The first-order chi connectivity index (χ1) is 8.65. The minimum atomic E-state index is -0.822. The Hall–Kier alpha value is -1.26. The molecule has 0 aliphatic rings. The molecule has 1 aromatic heterocycles. The molecule has 0 spiro atoms. The van der Waals surface area contributed by atoms with E-state index < -0.39 is 6.10 Å². The van der Waals surface area contributed by atoms with Crippen LogP contribution in [0.3, 0.4) is 0 Å². The Morgan fingerprint density at radius 1 is 1.33 bits per heavy atom. The molecule has 0 saturated carbocycles. The Kier molecular flexibility index (Phi) is 4.09. The average molecular weight is 311 g/mol. The van der Waals surface area contributed by atoms with Crippen LogP contribution in [0.4, 0.5) is 0 Å². The molecule has 2 rings (SSSR count). The molecule has 1 atom stereocenters. The molecule has 0 saturated heterocycles. The number of aliphatic hydroxyl groups is 1. The van der Waals surface area contributed by atoms with Crippen LogP contribution in [0, 0.1) is 0 Å². The predicted octanol–water partition coefficient (Wildman–Crippen LogP) is 3.69. The van der Waals surface area contributed by atoms with Gasteiger partial charge in [-0.1, -0.05) is 22.9 Å². The summed E-state index contributed by atoms with van der Waals surface area (Å²) in [6.07, 6.45) is -0.0137. The van der Waals surface area contributed by atoms with Gasteiger partial charge in [-0.2, -0.15) is 0 Å². The van der Waals surface area contributed by atoms with E-state index in [4.69, 9.17) is 9.15 Å². The van der Waals surface area contributed by atoms with Gasteiger partial charge in [0, 0.05) is 16.5 Å². The van der Waals surface area contributed by atoms with Gasteiger partial charge in [0.05, 0.1) is 7.11 Å². The molecule has 2 aromatic rings. The zero-order valence-electron chi connectivity index (χ0n) is 10.3. The molecule has 0 fully saturated rings. The Morgan fingerprint density at radius 3 is 2.72 bits per heavy atom. The van der Waals surface area contributed by atoms with Crippen molar-refractivity contribution in [3.05, 3.63) is 51.9 Å². The normalized spacial score (nSPS) is 12.4. The third-order valence-corrected chi connectivity index (χ3v) is 3.28. The number of ether oxygens (including phenoxy) is 1. The molecule has 1 heterocycles. The van der Waals surface area contributed by atoms with Crippen molar-refractivity contribution in [2.75, 3.05) is 7.11 Å². The highest BCUT2D eigenvalue weighted by Crippen LogP contribution is 2.33. The predicted molar refractivity (Wildman–Crippen MR) is 72.8 cm³/mol. The van der Waals surface area contributed by atoms with E-state index in [1.807, 2.05) is 31.2 Å². The van der Waals surface area contributed by atoms with Gasteiger partial charge in [-0.15, -0.1) is 0 Å². The summed E-state index contributed by atoms with van der Waals surface area (Å²) in [5.41, 5.74) is 0.684. The summed E-state index contributed by atoms with van der Waals surface area (Å²) < 4.78 is 11.7. The molecule has 1 aromatic carbocycles. The number of aliphatic hydroxyl groups excluding tert-OH is 1. The summed E-state index contributed by atoms with van der Waals surface area (Å²) in [7, 11) is 1.58. The lowest BCUT2D eigenvalue weighted by atomic mass is 10.1. The molecule has 0 aliphatic carbocycles. The van der Waals surface area contributed by atoms with Crippen LogP contribution in [0.15, 0.2) is 39.2 Å². The van der Waals surface area contributed by atoms with Gasteiger partial charge in [-0.3, -0.25) is 0 Å². The van der Waals surface area contributed by atoms with Crippen LogP contribution in [0.2, 0.25) is 0 Å². The van der Waals surface area contributed by atoms with E-state index in [0.717, 1.165) is 16.7 Å². The summed E-state index contributed by atoms with van der Waals surface area (Å²) in [5, 5.41) is 10.3. The van der Waals surface area contributed by atoms with Crippen LogP contribution < -0.4 is 4.74 Å². The first-order valence-electron chi connectivity index (χ1n) is 5.75. The molecular weight excluding hydrogens is 296 g/mol. The first-order valence-corrected chi connectivity index (χ1v) is 6.55. The summed E-state index contributed by atoms with van der Waals surface area (Å²) in [6, 6.07) is 9.19. The highest BCUT2D eigenvalue weighted by atomic mass is 79.9. The number of hydrogen-bond donors (Lipinski definition) is 1. The van der Waals surface area contributed by atoms with Crippen molar-refractivity contribution in [1.29, 1.82) is 0 Å². The molecule has 1 N–H and O–H groups in total. The summed E-state index contributed by atoms with van der Waals surface area (Å²) >= 11 is 3.39. The van der Waals surface area contributed by atoms with Gasteiger partial charge in [0.25, 0.3) is 0 Å². The van der Waals surface area contributed by atoms with Gasteiger partial charge >= 0.3 is 0 Å². The van der Waals surface area contributed by atoms with E-state index >= 15 is 0 Å². The van der Waals surface area contributed by atoms with Gasteiger partial charge in [0.2, 0.25) is 0 Å². The zero-order chi connectivity index (χ0) is 13.1. The largest absolute Gasteiger partial charge is 0.496 e. The topological polar surface area (TPSA) is 42.6 Å². The molecule has 4 heteroatoms. The van der Waals surface area contributed by atoms with Crippen molar-refractivity contribution in [3.8, 4) is 5.75 Å². The Balaban J connectivity index is 2.38. The molecule has 0 aliphatic heterocycles. The van der Waals surface area contributed by atoms with Crippen molar-refractivity contribution >= 4 is 15.9 Å². The van der Waals surface area contributed by atoms with Gasteiger partial charge in [0.1, 0.15) is 23.4 Å². The van der Waals surface area contributed by atoms with E-state index in [0.29, 0.717) is 17.1 Å². The monoisotopic (exact) mass is 310 g/mol. The maximum absolute atomic E-state index is 10.3. The summed E-state index contributed by atoms with van der Waals surface area (Å²) in [6.45, 7) is 2.01. The van der Waals surface area contributed by atoms with E-state index in [-0.39, 0.29) is 0 Å². The Labute approximate surface area is 115 Å². The van der Waals surface area contributed by atoms with Crippen molar-refractivity contribution in [2.24, 2.45) is 0 Å². The molecule has 18 heavy (non-hydrogen) atoms. The van der Waals surface area contributed by atoms with E-state index in [1.165, 1.54) is 0 Å². The van der Waals surface area contributed by atoms with Crippen LogP contribution in [-0.2, 0) is 6.42 Å². The van der Waals surface area contributed by atoms with Crippen LogP contribution in [0.25, 0.3) is 0 Å². The second-order valence-electron chi connectivity index (χ2n) is 3.95. The molecule has 0 bridgehead atoms. The first kappa shape index (κ1) is 13.2. The lowest BCUT2D eigenvalue weighted by Gasteiger charge is -2.13. The minimum absolute atomic E-state index is 0.531. The van der Waals surface area contributed by atoms with Gasteiger partial charge in [0.15, 0.2) is 0 Å². The lowest BCUT2D eigenvalue weighted by molar-refractivity contribution is 0.182. The zero-order valence-corrected chi connectivity index (χ0v) is 11.9. The highest BCUT2D eigenvalue weighted by Gasteiger charge is 2.19. The number of aryl methyl sites for hydroxylation is 1. The number of methoxy groups -OCH3 is 1. The van der Waals surface area contributed by atoms with Crippen LogP contribution in [0.1, 0.15) is 30.1 Å². The van der Waals surface area contributed by atoms with Crippen molar-refractivity contribution < 1.29 is 14.3 Å². The van der Waals surface area contributed by atoms with E-state index in [9.17, 15) is 5.11 Å². The van der Waals surface area contributed by atoms with Crippen LogP contribution >= 0.6 is 15.9 Å². The van der Waals surface area contributed by atoms with Crippen LogP contribution in [0.5, 0.6) is 5.75 Å². The second kappa shape index (κ2) is 5.59. The standard InChI is InChI=1S/C14H15BrO3/c1-3-10-5-7-13(18-10)14(16)11-8-9(15)4-6-12(11)17-2/h4-8,14,16H,3H2,1-2H3. The minimum Gasteiger partial charge on any atom is -0.496 e. The number of hydrogen-bond acceptors (Lipinski definition) is 3. The molecule has 0 radical (unpaired) electrons. The SMILES string of the molecule is CCc1ccc(C(O)c2cc(Br)ccc2OC)o1. The number of rotatable bonds is 4. The number of halogens is 1. The fourth-order valence-corrected chi connectivity index (χ4v) is 2.18. The Bertz CT molecular complexity index is 534. The fraction of sp³-hybridized carbons (Fsp3) is 0.286. The van der Waals surface area contributed by atoms with E-state index in [1.54, 1.807) is 13.2 Å². The third-order valence-electron chi connectivity index (χ3n) is 2.79. The molecule has 0 amide bonds. The summed E-state index contributed by atoms with van der Waals surface area (Å²) in [4.78, 5) is 0. The van der Waals surface area contributed by atoms with Crippen molar-refractivity contribution in [3.63, 3.8) is 0 Å².